The first-order valence-corrected chi connectivity index (χ1v) is 9.44. The van der Waals surface area contributed by atoms with Crippen LogP contribution in [0.1, 0.15) is 5.69 Å². The second-order valence-electron chi connectivity index (χ2n) is 6.74. The first-order chi connectivity index (χ1) is 14.0. The molecule has 2 aromatic carbocycles. The van der Waals surface area contributed by atoms with Crippen molar-refractivity contribution in [2.75, 3.05) is 49.9 Å². The van der Waals surface area contributed by atoms with Crippen molar-refractivity contribution >= 4 is 23.1 Å². The highest BCUT2D eigenvalue weighted by molar-refractivity contribution is 5.61. The summed E-state index contributed by atoms with van der Waals surface area (Å²) in [5.41, 5.74) is 3.00. The van der Waals surface area contributed by atoms with E-state index in [4.69, 9.17) is 9.47 Å². The van der Waals surface area contributed by atoms with Gasteiger partial charge >= 0.3 is 0 Å². The zero-order chi connectivity index (χ0) is 20.6. The zero-order valence-electron chi connectivity index (χ0n) is 17.3. The molecule has 7 nitrogen and oxygen atoms in total. The molecule has 0 atom stereocenters. The number of hydrogen-bond acceptors (Lipinski definition) is 7. The van der Waals surface area contributed by atoms with E-state index >= 15 is 0 Å². The lowest BCUT2D eigenvalue weighted by Gasteiger charge is -2.14. The molecule has 152 valence electrons. The van der Waals surface area contributed by atoms with Crippen LogP contribution < -0.4 is 25.0 Å². The van der Waals surface area contributed by atoms with E-state index < -0.39 is 0 Å². The van der Waals surface area contributed by atoms with Crippen molar-refractivity contribution in [3.63, 3.8) is 0 Å². The smallest absolute Gasteiger partial charge is 0.224 e. The zero-order valence-corrected chi connectivity index (χ0v) is 17.3. The standard InChI is InChI=1S/C22H27N5O2/c1-16-15-21(25-17-5-7-18(8-6-17)27(2)3)26-22(24-16)23-13-14-29-20-11-9-19(28-4)10-12-20/h5-12,15H,13-14H2,1-4H3,(H2,23,24,25,26). The molecule has 2 N–H and O–H groups in total. The number of hydrogen-bond donors (Lipinski definition) is 2. The molecule has 0 aliphatic carbocycles. The number of aromatic nitrogens is 2. The van der Waals surface area contributed by atoms with Crippen LogP contribution in [0.25, 0.3) is 0 Å². The molecule has 0 saturated heterocycles. The van der Waals surface area contributed by atoms with Crippen LogP contribution in [0.5, 0.6) is 11.5 Å². The molecule has 0 spiro atoms. The molecule has 0 radical (unpaired) electrons. The van der Waals surface area contributed by atoms with Gasteiger partial charge in [0.15, 0.2) is 0 Å². The summed E-state index contributed by atoms with van der Waals surface area (Å²) >= 11 is 0. The third-order valence-electron chi connectivity index (χ3n) is 4.22. The Morgan fingerprint density at radius 1 is 0.931 bits per heavy atom. The first-order valence-electron chi connectivity index (χ1n) is 9.44. The molecule has 0 unspecified atom stereocenters. The molecule has 0 saturated carbocycles. The van der Waals surface area contributed by atoms with Gasteiger partial charge in [-0.15, -0.1) is 0 Å². The van der Waals surface area contributed by atoms with Crippen molar-refractivity contribution in [3.05, 3.63) is 60.3 Å². The maximum absolute atomic E-state index is 5.72. The number of methoxy groups -OCH3 is 1. The maximum atomic E-state index is 5.72. The summed E-state index contributed by atoms with van der Waals surface area (Å²) in [6.45, 7) is 3.03. The fraction of sp³-hybridized carbons (Fsp3) is 0.273. The molecule has 7 heteroatoms. The molecule has 0 aliphatic rings. The van der Waals surface area contributed by atoms with Crippen molar-refractivity contribution in [1.82, 2.24) is 9.97 Å². The maximum Gasteiger partial charge on any atom is 0.224 e. The molecule has 1 heterocycles. The summed E-state index contributed by atoms with van der Waals surface area (Å²) in [6.07, 6.45) is 0. The van der Waals surface area contributed by atoms with Crippen LogP contribution in [0.15, 0.2) is 54.6 Å². The number of nitrogens with one attached hydrogen (secondary N) is 2. The minimum absolute atomic E-state index is 0.498. The Balaban J connectivity index is 1.54. The summed E-state index contributed by atoms with van der Waals surface area (Å²) in [5, 5.41) is 6.54. The number of rotatable bonds is 9. The van der Waals surface area contributed by atoms with Crippen molar-refractivity contribution in [1.29, 1.82) is 0 Å². The van der Waals surface area contributed by atoms with E-state index in [-0.39, 0.29) is 0 Å². The number of aryl methyl sites for hydroxylation is 1. The average molecular weight is 393 g/mol. The van der Waals surface area contributed by atoms with Gasteiger partial charge in [-0.2, -0.15) is 4.98 Å². The lowest BCUT2D eigenvalue weighted by atomic mass is 10.2. The first kappa shape index (κ1) is 20.3. The van der Waals surface area contributed by atoms with Gasteiger partial charge in [-0.25, -0.2) is 4.98 Å². The highest BCUT2D eigenvalue weighted by Gasteiger charge is 2.04. The van der Waals surface area contributed by atoms with Crippen LogP contribution in [0, 0.1) is 6.92 Å². The molecule has 3 rings (SSSR count). The van der Waals surface area contributed by atoms with Crippen LogP contribution in [0.3, 0.4) is 0 Å². The topological polar surface area (TPSA) is 71.5 Å². The Bertz CT molecular complexity index is 911. The van der Waals surface area contributed by atoms with E-state index in [0.29, 0.717) is 19.1 Å². The van der Waals surface area contributed by atoms with Gasteiger partial charge in [0.05, 0.1) is 13.7 Å². The third kappa shape index (κ3) is 6.00. The van der Waals surface area contributed by atoms with E-state index in [0.717, 1.165) is 34.4 Å². The molecule has 0 aliphatic heterocycles. The quantitative estimate of drug-likeness (QED) is 0.531. The number of anilines is 4. The summed E-state index contributed by atoms with van der Waals surface area (Å²) in [4.78, 5) is 11.0. The Kier molecular flexibility index (Phi) is 6.73. The Hall–Kier alpha value is -3.48. The fourth-order valence-electron chi connectivity index (χ4n) is 2.71. The highest BCUT2D eigenvalue weighted by Crippen LogP contribution is 2.20. The molecule has 0 amide bonds. The molecule has 1 aromatic heterocycles. The third-order valence-corrected chi connectivity index (χ3v) is 4.22. The number of nitrogens with zero attached hydrogens (tertiary/aromatic N) is 3. The predicted octanol–water partition coefficient (Wildman–Crippen LogP) is 4.09. The SMILES string of the molecule is COc1ccc(OCCNc2nc(C)cc(Nc3ccc(N(C)C)cc3)n2)cc1. The fourth-order valence-corrected chi connectivity index (χ4v) is 2.71. The Labute approximate surface area is 171 Å². The van der Waals surface area contributed by atoms with Gasteiger partial charge in [-0.3, -0.25) is 0 Å². The van der Waals surface area contributed by atoms with Gasteiger partial charge in [-0.1, -0.05) is 0 Å². The number of benzene rings is 2. The van der Waals surface area contributed by atoms with Crippen LogP contribution in [0.4, 0.5) is 23.1 Å². The van der Waals surface area contributed by atoms with Gasteiger partial charge in [0.1, 0.15) is 23.9 Å². The van der Waals surface area contributed by atoms with Crippen molar-refractivity contribution < 1.29 is 9.47 Å². The van der Waals surface area contributed by atoms with Gasteiger partial charge < -0.3 is 25.0 Å². The monoisotopic (exact) mass is 393 g/mol. The molecule has 29 heavy (non-hydrogen) atoms. The van der Waals surface area contributed by atoms with Crippen LogP contribution in [-0.4, -0.2) is 44.3 Å². The van der Waals surface area contributed by atoms with E-state index in [1.54, 1.807) is 7.11 Å². The minimum atomic E-state index is 0.498. The van der Waals surface area contributed by atoms with Gasteiger partial charge in [-0.05, 0) is 55.5 Å². The largest absolute Gasteiger partial charge is 0.497 e. The second-order valence-corrected chi connectivity index (χ2v) is 6.74. The average Bonchev–Trinajstić information content (AvgIpc) is 2.72. The normalized spacial score (nSPS) is 10.3. The van der Waals surface area contributed by atoms with Crippen LogP contribution in [0.2, 0.25) is 0 Å². The van der Waals surface area contributed by atoms with E-state index in [1.807, 2.05) is 63.5 Å². The second kappa shape index (κ2) is 9.64. The molecule has 0 fully saturated rings. The van der Waals surface area contributed by atoms with Gasteiger partial charge in [0, 0.05) is 37.2 Å². The highest BCUT2D eigenvalue weighted by atomic mass is 16.5. The van der Waals surface area contributed by atoms with Crippen molar-refractivity contribution in [2.24, 2.45) is 0 Å². The van der Waals surface area contributed by atoms with Gasteiger partial charge in [0.2, 0.25) is 5.95 Å². The Morgan fingerprint density at radius 3 is 2.28 bits per heavy atom. The van der Waals surface area contributed by atoms with Crippen molar-refractivity contribution in [3.8, 4) is 11.5 Å². The van der Waals surface area contributed by atoms with E-state index in [9.17, 15) is 0 Å². The summed E-state index contributed by atoms with van der Waals surface area (Å²) < 4.78 is 10.9. The van der Waals surface area contributed by atoms with E-state index in [1.165, 1.54) is 0 Å². The molecule has 3 aromatic rings. The molecular formula is C22H27N5O2. The van der Waals surface area contributed by atoms with Crippen LogP contribution in [-0.2, 0) is 0 Å². The summed E-state index contributed by atoms with van der Waals surface area (Å²) in [7, 11) is 5.68. The van der Waals surface area contributed by atoms with Crippen molar-refractivity contribution in [2.45, 2.75) is 6.92 Å². The summed E-state index contributed by atoms with van der Waals surface area (Å²) in [6, 6.07) is 17.6. The lowest BCUT2D eigenvalue weighted by Crippen LogP contribution is -2.14. The van der Waals surface area contributed by atoms with Gasteiger partial charge in [0.25, 0.3) is 0 Å². The summed E-state index contributed by atoms with van der Waals surface area (Å²) in [5.74, 6) is 2.91. The number of ether oxygens (including phenoxy) is 2. The lowest BCUT2D eigenvalue weighted by molar-refractivity contribution is 0.331. The minimum Gasteiger partial charge on any atom is -0.497 e. The Morgan fingerprint density at radius 2 is 1.62 bits per heavy atom. The van der Waals surface area contributed by atoms with E-state index in [2.05, 4.69) is 37.6 Å². The molecule has 0 bridgehead atoms. The molecular weight excluding hydrogens is 366 g/mol. The van der Waals surface area contributed by atoms with Crippen LogP contribution >= 0.6 is 0 Å². The predicted molar refractivity (Wildman–Crippen MR) is 118 cm³/mol.